The zero-order chi connectivity index (χ0) is 13.8. The summed E-state index contributed by atoms with van der Waals surface area (Å²) in [5.41, 5.74) is 2.04. The molecule has 2 aromatic rings. The number of anilines is 1. The summed E-state index contributed by atoms with van der Waals surface area (Å²) >= 11 is 7.49. The van der Waals surface area contributed by atoms with Crippen LogP contribution in [0.4, 0.5) is 5.69 Å². The highest BCUT2D eigenvalue weighted by molar-refractivity contribution is 7.09. The Morgan fingerprint density at radius 2 is 2.32 bits per heavy atom. The number of methoxy groups -OCH3 is 1. The van der Waals surface area contributed by atoms with Crippen LogP contribution in [0.5, 0.6) is 0 Å². The van der Waals surface area contributed by atoms with Crippen LogP contribution in [0.15, 0.2) is 23.6 Å². The standard InChI is InChI=1S/C13H13ClN2O2S/c1-8-16-10(7-19-8)6-15-12-4-3-9(14)5-11(12)13(17)18-2/h3-5,7,15H,6H2,1-2H3. The van der Waals surface area contributed by atoms with E-state index < -0.39 is 5.97 Å². The molecule has 0 saturated heterocycles. The fraction of sp³-hybridized carbons (Fsp3) is 0.231. The molecule has 0 saturated carbocycles. The molecule has 0 aliphatic rings. The van der Waals surface area contributed by atoms with E-state index in [0.717, 1.165) is 10.7 Å². The van der Waals surface area contributed by atoms with E-state index in [1.807, 2.05) is 12.3 Å². The van der Waals surface area contributed by atoms with Crippen molar-refractivity contribution in [3.8, 4) is 0 Å². The van der Waals surface area contributed by atoms with Crippen molar-refractivity contribution < 1.29 is 9.53 Å². The molecule has 0 fully saturated rings. The minimum Gasteiger partial charge on any atom is -0.465 e. The van der Waals surface area contributed by atoms with E-state index in [1.54, 1.807) is 29.5 Å². The first-order chi connectivity index (χ1) is 9.10. The van der Waals surface area contributed by atoms with Crippen LogP contribution in [0.25, 0.3) is 0 Å². The number of aromatic nitrogens is 1. The van der Waals surface area contributed by atoms with Gasteiger partial charge in [-0.25, -0.2) is 9.78 Å². The number of hydrogen-bond acceptors (Lipinski definition) is 5. The Bertz CT molecular complexity index is 598. The summed E-state index contributed by atoms with van der Waals surface area (Å²) in [6.45, 7) is 2.51. The monoisotopic (exact) mass is 296 g/mol. The average molecular weight is 297 g/mol. The molecule has 19 heavy (non-hydrogen) atoms. The van der Waals surface area contributed by atoms with E-state index in [9.17, 15) is 4.79 Å². The van der Waals surface area contributed by atoms with Gasteiger partial charge in [0.1, 0.15) is 0 Å². The Morgan fingerprint density at radius 3 is 2.95 bits per heavy atom. The summed E-state index contributed by atoms with van der Waals surface area (Å²) in [6, 6.07) is 5.07. The number of thiazole rings is 1. The predicted molar refractivity (Wildman–Crippen MR) is 77.0 cm³/mol. The summed E-state index contributed by atoms with van der Waals surface area (Å²) in [6.07, 6.45) is 0. The predicted octanol–water partition coefficient (Wildman–Crippen LogP) is 3.50. The largest absolute Gasteiger partial charge is 0.465 e. The Kier molecular flexibility index (Phi) is 4.39. The molecule has 0 aliphatic heterocycles. The van der Waals surface area contributed by atoms with Crippen LogP contribution in [0.2, 0.25) is 5.02 Å². The van der Waals surface area contributed by atoms with Gasteiger partial charge >= 0.3 is 5.97 Å². The van der Waals surface area contributed by atoms with Crippen LogP contribution in [-0.4, -0.2) is 18.1 Å². The molecule has 1 aromatic heterocycles. The third-order valence-corrected chi connectivity index (χ3v) is 3.57. The van der Waals surface area contributed by atoms with Gasteiger partial charge in [0.15, 0.2) is 0 Å². The maximum absolute atomic E-state index is 11.7. The molecule has 0 unspecified atom stereocenters. The van der Waals surface area contributed by atoms with Gasteiger partial charge in [-0.2, -0.15) is 0 Å². The fourth-order valence-corrected chi connectivity index (χ4v) is 2.41. The molecule has 0 radical (unpaired) electrons. The van der Waals surface area contributed by atoms with Gasteiger partial charge in [0.25, 0.3) is 0 Å². The van der Waals surface area contributed by atoms with Crippen molar-refractivity contribution >= 4 is 34.6 Å². The van der Waals surface area contributed by atoms with E-state index in [0.29, 0.717) is 22.8 Å². The fourth-order valence-electron chi connectivity index (χ4n) is 1.62. The topological polar surface area (TPSA) is 51.2 Å². The third-order valence-electron chi connectivity index (χ3n) is 2.51. The smallest absolute Gasteiger partial charge is 0.340 e. The minimum atomic E-state index is -0.417. The lowest BCUT2D eigenvalue weighted by Gasteiger charge is -2.10. The SMILES string of the molecule is COC(=O)c1cc(Cl)ccc1NCc1csc(C)n1. The summed E-state index contributed by atoms with van der Waals surface area (Å²) < 4.78 is 4.74. The number of nitrogens with one attached hydrogen (secondary N) is 1. The minimum absolute atomic E-state index is 0.417. The van der Waals surface area contributed by atoms with Gasteiger partial charge in [-0.1, -0.05) is 11.6 Å². The van der Waals surface area contributed by atoms with Crippen LogP contribution in [-0.2, 0) is 11.3 Å². The van der Waals surface area contributed by atoms with Gasteiger partial charge in [-0.05, 0) is 25.1 Å². The molecule has 1 N–H and O–H groups in total. The van der Waals surface area contributed by atoms with Gasteiger partial charge in [0.05, 0.1) is 29.9 Å². The molecule has 0 spiro atoms. The van der Waals surface area contributed by atoms with E-state index in [-0.39, 0.29) is 0 Å². The quantitative estimate of drug-likeness (QED) is 0.877. The lowest BCUT2D eigenvalue weighted by atomic mass is 10.1. The maximum atomic E-state index is 11.7. The first kappa shape index (κ1) is 13.8. The van der Waals surface area contributed by atoms with Crippen molar-refractivity contribution in [2.75, 3.05) is 12.4 Å². The molecule has 2 rings (SSSR count). The van der Waals surface area contributed by atoms with Gasteiger partial charge in [0, 0.05) is 16.1 Å². The van der Waals surface area contributed by atoms with Crippen molar-refractivity contribution in [3.63, 3.8) is 0 Å². The van der Waals surface area contributed by atoms with Crippen LogP contribution >= 0.6 is 22.9 Å². The van der Waals surface area contributed by atoms with Crippen molar-refractivity contribution in [2.45, 2.75) is 13.5 Å². The molecule has 0 bridgehead atoms. The van der Waals surface area contributed by atoms with Crippen LogP contribution in [0.3, 0.4) is 0 Å². The first-order valence-electron chi connectivity index (χ1n) is 5.63. The normalized spacial score (nSPS) is 10.3. The van der Waals surface area contributed by atoms with Gasteiger partial charge < -0.3 is 10.1 Å². The second-order valence-electron chi connectivity index (χ2n) is 3.89. The van der Waals surface area contributed by atoms with E-state index in [2.05, 4.69) is 10.3 Å². The molecular formula is C13H13ClN2O2S. The number of aryl methyl sites for hydroxylation is 1. The molecule has 1 aromatic carbocycles. The second kappa shape index (κ2) is 6.04. The van der Waals surface area contributed by atoms with Crippen molar-refractivity contribution in [1.82, 2.24) is 4.98 Å². The summed E-state index contributed by atoms with van der Waals surface area (Å²) in [4.78, 5) is 16.0. The number of benzene rings is 1. The van der Waals surface area contributed by atoms with Crippen LogP contribution in [0.1, 0.15) is 21.1 Å². The van der Waals surface area contributed by atoms with E-state index in [1.165, 1.54) is 7.11 Å². The van der Waals surface area contributed by atoms with Crippen molar-refractivity contribution in [3.05, 3.63) is 44.9 Å². The van der Waals surface area contributed by atoms with Crippen LogP contribution < -0.4 is 5.32 Å². The lowest BCUT2D eigenvalue weighted by molar-refractivity contribution is 0.0602. The molecule has 100 valence electrons. The third kappa shape index (κ3) is 3.45. The Labute approximate surface area is 120 Å². The van der Waals surface area contributed by atoms with Gasteiger partial charge in [-0.3, -0.25) is 0 Å². The van der Waals surface area contributed by atoms with E-state index >= 15 is 0 Å². The molecular weight excluding hydrogens is 284 g/mol. The number of halogens is 1. The zero-order valence-corrected chi connectivity index (χ0v) is 12.1. The number of carbonyl (C=O) groups excluding carboxylic acids is 1. The number of nitrogens with zero attached hydrogens (tertiary/aromatic N) is 1. The Balaban J connectivity index is 2.17. The number of esters is 1. The molecule has 4 nitrogen and oxygen atoms in total. The highest BCUT2D eigenvalue weighted by Crippen LogP contribution is 2.22. The lowest BCUT2D eigenvalue weighted by Crippen LogP contribution is -2.08. The van der Waals surface area contributed by atoms with Crippen molar-refractivity contribution in [1.29, 1.82) is 0 Å². The number of rotatable bonds is 4. The average Bonchev–Trinajstić information content (AvgIpc) is 2.82. The molecule has 1 heterocycles. The van der Waals surface area contributed by atoms with E-state index in [4.69, 9.17) is 16.3 Å². The Hall–Kier alpha value is -1.59. The summed E-state index contributed by atoms with van der Waals surface area (Å²) in [5, 5.41) is 6.66. The van der Waals surface area contributed by atoms with Gasteiger partial charge in [-0.15, -0.1) is 11.3 Å². The number of hydrogen-bond donors (Lipinski definition) is 1. The van der Waals surface area contributed by atoms with Crippen LogP contribution in [0, 0.1) is 6.92 Å². The number of carbonyl (C=O) groups is 1. The summed E-state index contributed by atoms with van der Waals surface area (Å²) in [5.74, 6) is -0.417. The highest BCUT2D eigenvalue weighted by Gasteiger charge is 2.12. The molecule has 0 aliphatic carbocycles. The highest BCUT2D eigenvalue weighted by atomic mass is 35.5. The second-order valence-corrected chi connectivity index (χ2v) is 5.39. The first-order valence-corrected chi connectivity index (χ1v) is 6.88. The van der Waals surface area contributed by atoms with Crippen molar-refractivity contribution in [2.24, 2.45) is 0 Å². The van der Waals surface area contributed by atoms with Gasteiger partial charge in [0.2, 0.25) is 0 Å². The zero-order valence-electron chi connectivity index (χ0n) is 10.6. The maximum Gasteiger partial charge on any atom is 0.340 e. The Morgan fingerprint density at radius 1 is 1.53 bits per heavy atom. The number of ether oxygens (including phenoxy) is 1. The summed E-state index contributed by atoms with van der Waals surface area (Å²) in [7, 11) is 1.34. The molecule has 6 heteroatoms. The molecule has 0 amide bonds. The molecule has 0 atom stereocenters.